The zero-order chi connectivity index (χ0) is 33.9. The molecule has 48 heavy (non-hydrogen) atoms. The number of benzene rings is 2. The second-order valence-electron chi connectivity index (χ2n) is 16.1. The summed E-state index contributed by atoms with van der Waals surface area (Å²) in [6.45, 7) is 4.58. The average molecular weight is 659 g/mol. The van der Waals surface area contributed by atoms with Gasteiger partial charge in [0.1, 0.15) is 11.5 Å². The molecule has 2 nitrogen and oxygen atoms in total. The van der Waals surface area contributed by atoms with Crippen molar-refractivity contribution in [2.24, 2.45) is 11.8 Å². The van der Waals surface area contributed by atoms with E-state index >= 15 is 0 Å². The van der Waals surface area contributed by atoms with E-state index in [0.717, 1.165) is 42.7 Å². The van der Waals surface area contributed by atoms with Crippen LogP contribution in [0.25, 0.3) is 0 Å². The normalized spacial score (nSPS) is 17.8. The summed E-state index contributed by atoms with van der Waals surface area (Å²) < 4.78 is 0. The van der Waals surface area contributed by atoms with Crippen molar-refractivity contribution >= 4 is 0 Å². The third kappa shape index (κ3) is 11.6. The molecule has 1 unspecified atom stereocenters. The Morgan fingerprint density at radius 3 is 1.31 bits per heavy atom. The summed E-state index contributed by atoms with van der Waals surface area (Å²) in [6.07, 6.45) is 37.9. The third-order valence-corrected chi connectivity index (χ3v) is 12.5. The number of phenolic OH excluding ortho intramolecular Hbond substituents is 2. The quantitative estimate of drug-likeness (QED) is 0.104. The summed E-state index contributed by atoms with van der Waals surface area (Å²) in [5.41, 5.74) is 5.12. The molecular weight excluding hydrogens is 585 g/mol. The van der Waals surface area contributed by atoms with Crippen molar-refractivity contribution in [3.8, 4) is 11.5 Å². The van der Waals surface area contributed by atoms with Gasteiger partial charge in [-0.05, 0) is 84.7 Å². The van der Waals surface area contributed by atoms with Gasteiger partial charge in [-0.1, -0.05) is 186 Å². The number of hydrogen-bond donors (Lipinski definition) is 2. The van der Waals surface area contributed by atoms with Gasteiger partial charge in [-0.2, -0.15) is 0 Å². The molecule has 4 rings (SSSR count). The number of aryl methyl sites for hydroxylation is 2. The van der Waals surface area contributed by atoms with Crippen molar-refractivity contribution in [1.29, 1.82) is 0 Å². The lowest BCUT2D eigenvalue weighted by Gasteiger charge is -2.41. The molecule has 0 aromatic heterocycles. The molecule has 0 radical (unpaired) electrons. The van der Waals surface area contributed by atoms with E-state index in [1.165, 1.54) is 172 Å². The predicted molar refractivity (Wildman–Crippen MR) is 207 cm³/mol. The fourth-order valence-corrected chi connectivity index (χ4v) is 9.65. The first-order valence-corrected chi connectivity index (χ1v) is 21.2. The highest BCUT2D eigenvalue weighted by Crippen LogP contribution is 2.57. The van der Waals surface area contributed by atoms with E-state index in [0.29, 0.717) is 17.4 Å². The standard InChI is InChI=1S/C46H74O2/c1-3-5-7-9-11-13-15-17-19-21-28-39-36-41(31-33-44(39)47)46(35-25-30-43(46)38-26-23-24-27-38)42-32-34-45(48)40(37-42)29-22-20-18-16-14-12-10-8-6-4-2/h31-34,36-38,43,47-48H,3-30,35H2,1-2H3. The van der Waals surface area contributed by atoms with Crippen LogP contribution in [-0.2, 0) is 18.3 Å². The molecule has 2 heteroatoms. The maximum Gasteiger partial charge on any atom is 0.118 e. The Morgan fingerprint density at radius 1 is 0.500 bits per heavy atom. The maximum atomic E-state index is 11.0. The van der Waals surface area contributed by atoms with Gasteiger partial charge in [0.05, 0.1) is 0 Å². The Balaban J connectivity index is 1.41. The lowest BCUT2D eigenvalue weighted by Crippen LogP contribution is -2.36. The summed E-state index contributed by atoms with van der Waals surface area (Å²) >= 11 is 0. The summed E-state index contributed by atoms with van der Waals surface area (Å²) in [7, 11) is 0. The van der Waals surface area contributed by atoms with E-state index in [-0.39, 0.29) is 5.41 Å². The molecule has 0 heterocycles. The first-order chi connectivity index (χ1) is 23.6. The van der Waals surface area contributed by atoms with Gasteiger partial charge in [-0.3, -0.25) is 0 Å². The first-order valence-electron chi connectivity index (χ1n) is 21.2. The van der Waals surface area contributed by atoms with Gasteiger partial charge < -0.3 is 10.2 Å². The molecule has 2 aliphatic carbocycles. The number of phenols is 2. The number of hydrogen-bond acceptors (Lipinski definition) is 2. The zero-order valence-corrected chi connectivity index (χ0v) is 31.5. The predicted octanol–water partition coefficient (Wildman–Crippen LogP) is 14.3. The Labute approximate surface area is 296 Å². The minimum absolute atomic E-state index is 0.0184. The molecule has 2 aromatic carbocycles. The van der Waals surface area contributed by atoms with Gasteiger partial charge in [0.25, 0.3) is 0 Å². The molecule has 0 amide bonds. The second kappa shape index (κ2) is 22.0. The molecule has 2 aliphatic rings. The monoisotopic (exact) mass is 659 g/mol. The zero-order valence-electron chi connectivity index (χ0n) is 31.5. The van der Waals surface area contributed by atoms with Gasteiger partial charge in [0.2, 0.25) is 0 Å². The maximum absolute atomic E-state index is 11.0. The largest absolute Gasteiger partial charge is 0.508 e. The lowest BCUT2D eigenvalue weighted by atomic mass is 9.62. The Bertz CT molecular complexity index is 1070. The molecular formula is C46H74O2. The van der Waals surface area contributed by atoms with Crippen molar-refractivity contribution in [3.05, 3.63) is 58.7 Å². The summed E-state index contributed by atoms with van der Waals surface area (Å²) in [5.74, 6) is 2.38. The topological polar surface area (TPSA) is 40.5 Å². The van der Waals surface area contributed by atoms with Crippen LogP contribution >= 0.6 is 0 Å². The molecule has 0 saturated heterocycles. The number of unbranched alkanes of at least 4 members (excludes halogenated alkanes) is 18. The lowest BCUT2D eigenvalue weighted by molar-refractivity contribution is 0.254. The molecule has 2 N–H and O–H groups in total. The van der Waals surface area contributed by atoms with Crippen molar-refractivity contribution in [2.75, 3.05) is 0 Å². The van der Waals surface area contributed by atoms with E-state index in [1.54, 1.807) is 0 Å². The van der Waals surface area contributed by atoms with Crippen molar-refractivity contribution < 1.29 is 10.2 Å². The minimum Gasteiger partial charge on any atom is -0.508 e. The van der Waals surface area contributed by atoms with E-state index < -0.39 is 0 Å². The van der Waals surface area contributed by atoms with Crippen LogP contribution in [0.3, 0.4) is 0 Å². The van der Waals surface area contributed by atoms with Crippen LogP contribution in [0.5, 0.6) is 11.5 Å². The van der Waals surface area contributed by atoms with Crippen molar-refractivity contribution in [3.63, 3.8) is 0 Å². The Morgan fingerprint density at radius 2 is 0.896 bits per heavy atom. The molecule has 2 fully saturated rings. The number of rotatable bonds is 25. The summed E-state index contributed by atoms with van der Waals surface area (Å²) in [6, 6.07) is 13.4. The SMILES string of the molecule is CCCCCCCCCCCCc1cc(C2(c3ccc(O)c(CCCCCCCCCCCC)c3)CCCC2C2CCCC2)ccc1O. The van der Waals surface area contributed by atoms with Crippen LogP contribution in [0.4, 0.5) is 0 Å². The number of aromatic hydroxyl groups is 2. The molecule has 2 saturated carbocycles. The van der Waals surface area contributed by atoms with Crippen LogP contribution in [0.2, 0.25) is 0 Å². The van der Waals surface area contributed by atoms with Gasteiger partial charge in [-0.15, -0.1) is 0 Å². The van der Waals surface area contributed by atoms with Crippen molar-refractivity contribution in [1.82, 2.24) is 0 Å². The first kappa shape index (κ1) is 38.8. The smallest absolute Gasteiger partial charge is 0.118 e. The fraction of sp³-hybridized carbons (Fsp3) is 0.739. The molecule has 0 bridgehead atoms. The van der Waals surface area contributed by atoms with Crippen LogP contribution in [0.15, 0.2) is 36.4 Å². The summed E-state index contributed by atoms with van der Waals surface area (Å²) in [4.78, 5) is 0. The Kier molecular flexibility index (Phi) is 17.8. The third-order valence-electron chi connectivity index (χ3n) is 12.5. The van der Waals surface area contributed by atoms with E-state index in [4.69, 9.17) is 0 Å². The van der Waals surface area contributed by atoms with Crippen LogP contribution in [0.1, 0.15) is 209 Å². The van der Waals surface area contributed by atoms with Gasteiger partial charge in [0.15, 0.2) is 0 Å². The molecule has 270 valence electrons. The summed E-state index contributed by atoms with van der Waals surface area (Å²) in [5, 5.41) is 22.0. The van der Waals surface area contributed by atoms with E-state index in [9.17, 15) is 10.2 Å². The fourth-order valence-electron chi connectivity index (χ4n) is 9.65. The Hall–Kier alpha value is -1.96. The highest BCUT2D eigenvalue weighted by Gasteiger charge is 2.49. The second-order valence-corrected chi connectivity index (χ2v) is 16.1. The van der Waals surface area contributed by atoms with Crippen LogP contribution in [-0.4, -0.2) is 10.2 Å². The highest BCUT2D eigenvalue weighted by molar-refractivity contribution is 5.50. The average Bonchev–Trinajstić information content (AvgIpc) is 3.79. The molecule has 0 spiro atoms. The molecule has 2 aromatic rings. The van der Waals surface area contributed by atoms with Crippen molar-refractivity contribution in [2.45, 2.75) is 205 Å². The van der Waals surface area contributed by atoms with E-state index in [2.05, 4.69) is 38.1 Å². The van der Waals surface area contributed by atoms with E-state index in [1.807, 2.05) is 12.1 Å². The molecule has 1 atom stereocenters. The molecule has 0 aliphatic heterocycles. The van der Waals surface area contributed by atoms with Crippen LogP contribution < -0.4 is 0 Å². The van der Waals surface area contributed by atoms with Gasteiger partial charge in [-0.25, -0.2) is 0 Å². The minimum atomic E-state index is -0.0184. The van der Waals surface area contributed by atoms with Crippen LogP contribution in [0, 0.1) is 11.8 Å². The highest BCUT2D eigenvalue weighted by atomic mass is 16.3. The van der Waals surface area contributed by atoms with Gasteiger partial charge >= 0.3 is 0 Å². The van der Waals surface area contributed by atoms with Gasteiger partial charge in [0, 0.05) is 5.41 Å².